The normalized spacial score (nSPS) is 12.2. The summed E-state index contributed by atoms with van der Waals surface area (Å²) in [6.07, 6.45) is -0.979. The summed E-state index contributed by atoms with van der Waals surface area (Å²) in [5.74, 6) is -0.0527. The number of halogens is 2. The Morgan fingerprint density at radius 1 is 1.35 bits per heavy atom. The third-order valence-corrected chi connectivity index (χ3v) is 1.94. The second kappa shape index (κ2) is 6.00. The molecule has 0 bridgehead atoms. The van der Waals surface area contributed by atoms with Gasteiger partial charge in [0, 0.05) is 5.56 Å². The molecular weight excluding hydrogens is 234 g/mol. The molecule has 0 spiro atoms. The molecule has 0 aliphatic carbocycles. The standard InChI is InChI=1S/C10H12F2N2O3/c11-9(12)17-8-4-2-1-3-6(8)7(13)5-16-10(14)15/h1-4,7,9H,5,13H2,(H2,14,15). The molecule has 17 heavy (non-hydrogen) atoms. The molecule has 0 saturated carbocycles. The van der Waals surface area contributed by atoms with Crippen molar-refractivity contribution in [3.8, 4) is 5.75 Å². The quantitative estimate of drug-likeness (QED) is 0.821. The smallest absolute Gasteiger partial charge is 0.404 e. The van der Waals surface area contributed by atoms with Gasteiger partial charge in [-0.1, -0.05) is 18.2 Å². The number of hydrogen-bond donors (Lipinski definition) is 2. The molecule has 0 aromatic heterocycles. The molecule has 94 valence electrons. The highest BCUT2D eigenvalue weighted by atomic mass is 19.3. The van der Waals surface area contributed by atoms with E-state index in [0.717, 1.165) is 0 Å². The van der Waals surface area contributed by atoms with Gasteiger partial charge in [-0.15, -0.1) is 0 Å². The van der Waals surface area contributed by atoms with Gasteiger partial charge in [0.2, 0.25) is 0 Å². The highest BCUT2D eigenvalue weighted by Crippen LogP contribution is 2.25. The zero-order valence-corrected chi connectivity index (χ0v) is 8.81. The zero-order valence-electron chi connectivity index (χ0n) is 8.81. The molecular formula is C10H12F2N2O3. The Morgan fingerprint density at radius 3 is 2.59 bits per heavy atom. The summed E-state index contributed by atoms with van der Waals surface area (Å²) in [4.78, 5) is 10.4. The van der Waals surface area contributed by atoms with Crippen LogP contribution in [0.5, 0.6) is 5.75 Å². The average molecular weight is 246 g/mol. The maximum atomic E-state index is 12.1. The van der Waals surface area contributed by atoms with Gasteiger partial charge in [-0.05, 0) is 6.07 Å². The van der Waals surface area contributed by atoms with Crippen molar-refractivity contribution < 1.29 is 23.0 Å². The summed E-state index contributed by atoms with van der Waals surface area (Å²) < 4.78 is 33.0. The summed E-state index contributed by atoms with van der Waals surface area (Å²) in [6, 6.07) is 5.22. The fourth-order valence-corrected chi connectivity index (χ4v) is 1.25. The summed E-state index contributed by atoms with van der Waals surface area (Å²) in [6.45, 7) is -3.15. The number of carbonyl (C=O) groups is 1. The fourth-order valence-electron chi connectivity index (χ4n) is 1.25. The van der Waals surface area contributed by atoms with Gasteiger partial charge in [-0.25, -0.2) is 4.79 Å². The minimum atomic E-state index is -2.94. The van der Waals surface area contributed by atoms with E-state index in [1.807, 2.05) is 0 Å². The van der Waals surface area contributed by atoms with Crippen molar-refractivity contribution in [1.29, 1.82) is 0 Å². The van der Waals surface area contributed by atoms with Gasteiger partial charge in [-0.3, -0.25) is 0 Å². The molecule has 1 aromatic rings. The molecule has 1 rings (SSSR count). The van der Waals surface area contributed by atoms with Gasteiger partial charge >= 0.3 is 12.7 Å². The highest BCUT2D eigenvalue weighted by Gasteiger charge is 2.15. The van der Waals surface area contributed by atoms with Gasteiger partial charge < -0.3 is 20.9 Å². The molecule has 1 aromatic carbocycles. The van der Waals surface area contributed by atoms with Gasteiger partial charge in [-0.2, -0.15) is 8.78 Å². The van der Waals surface area contributed by atoms with Crippen LogP contribution in [0.2, 0.25) is 0 Å². The molecule has 0 aliphatic rings. The van der Waals surface area contributed by atoms with E-state index in [1.165, 1.54) is 18.2 Å². The third kappa shape index (κ3) is 4.23. The van der Waals surface area contributed by atoms with Gasteiger partial charge in [0.25, 0.3) is 0 Å². The number of hydrogen-bond acceptors (Lipinski definition) is 4. The second-order valence-corrected chi connectivity index (χ2v) is 3.15. The van der Waals surface area contributed by atoms with Crippen molar-refractivity contribution in [1.82, 2.24) is 0 Å². The van der Waals surface area contributed by atoms with Crippen LogP contribution in [-0.4, -0.2) is 19.3 Å². The minimum absolute atomic E-state index is 0.0527. The lowest BCUT2D eigenvalue weighted by Gasteiger charge is -2.15. The van der Waals surface area contributed by atoms with E-state index in [0.29, 0.717) is 5.56 Å². The molecule has 1 atom stereocenters. The number of amides is 1. The van der Waals surface area contributed by atoms with E-state index in [-0.39, 0.29) is 12.4 Å². The largest absolute Gasteiger partial charge is 0.448 e. The van der Waals surface area contributed by atoms with Gasteiger partial charge in [0.05, 0.1) is 6.04 Å². The van der Waals surface area contributed by atoms with Crippen LogP contribution in [0.4, 0.5) is 13.6 Å². The molecule has 4 N–H and O–H groups in total. The van der Waals surface area contributed by atoms with Crippen LogP contribution < -0.4 is 16.2 Å². The molecule has 1 unspecified atom stereocenters. The SMILES string of the molecule is NC(=O)OCC(N)c1ccccc1OC(F)F. The lowest BCUT2D eigenvalue weighted by molar-refractivity contribution is -0.0507. The van der Waals surface area contributed by atoms with Crippen molar-refractivity contribution >= 4 is 6.09 Å². The maximum Gasteiger partial charge on any atom is 0.404 e. The summed E-state index contributed by atoms with van der Waals surface area (Å²) in [5, 5.41) is 0. The topological polar surface area (TPSA) is 87.6 Å². The number of benzene rings is 1. The number of alkyl halides is 2. The summed E-state index contributed by atoms with van der Waals surface area (Å²) in [7, 11) is 0. The van der Waals surface area contributed by atoms with Crippen LogP contribution in [0.25, 0.3) is 0 Å². The Bertz CT molecular complexity index is 388. The van der Waals surface area contributed by atoms with Crippen molar-refractivity contribution in [3.05, 3.63) is 29.8 Å². The first-order valence-electron chi connectivity index (χ1n) is 4.72. The number of rotatable bonds is 5. The van der Waals surface area contributed by atoms with E-state index >= 15 is 0 Å². The Hall–Kier alpha value is -1.89. The lowest BCUT2D eigenvalue weighted by atomic mass is 10.1. The third-order valence-electron chi connectivity index (χ3n) is 1.94. The van der Waals surface area contributed by atoms with E-state index in [2.05, 4.69) is 9.47 Å². The molecule has 0 saturated heterocycles. The monoisotopic (exact) mass is 246 g/mol. The molecule has 0 heterocycles. The Labute approximate surface area is 96.3 Å². The van der Waals surface area contributed by atoms with E-state index in [1.54, 1.807) is 6.07 Å². The Balaban J connectivity index is 2.77. The van der Waals surface area contributed by atoms with Crippen molar-refractivity contribution in [3.63, 3.8) is 0 Å². The summed E-state index contributed by atoms with van der Waals surface area (Å²) in [5.41, 5.74) is 10.7. The van der Waals surface area contributed by atoms with E-state index < -0.39 is 18.7 Å². The van der Waals surface area contributed by atoms with Gasteiger partial charge in [0.15, 0.2) is 0 Å². The predicted octanol–water partition coefficient (Wildman–Crippen LogP) is 1.38. The van der Waals surface area contributed by atoms with Crippen LogP contribution in [0.15, 0.2) is 24.3 Å². The number of carbonyl (C=O) groups excluding carboxylic acids is 1. The molecule has 7 heteroatoms. The number of nitrogens with two attached hydrogens (primary N) is 2. The predicted molar refractivity (Wildman–Crippen MR) is 55.5 cm³/mol. The molecule has 5 nitrogen and oxygen atoms in total. The van der Waals surface area contributed by atoms with Crippen molar-refractivity contribution in [2.24, 2.45) is 11.5 Å². The maximum absolute atomic E-state index is 12.1. The minimum Gasteiger partial charge on any atom is -0.448 e. The fraction of sp³-hybridized carbons (Fsp3) is 0.300. The molecule has 1 amide bonds. The van der Waals surface area contributed by atoms with Crippen molar-refractivity contribution in [2.75, 3.05) is 6.61 Å². The second-order valence-electron chi connectivity index (χ2n) is 3.15. The lowest BCUT2D eigenvalue weighted by Crippen LogP contribution is -2.23. The highest BCUT2D eigenvalue weighted by molar-refractivity contribution is 5.64. The first-order chi connectivity index (χ1) is 8.00. The number of primary amides is 1. The number of ether oxygens (including phenoxy) is 2. The molecule has 0 radical (unpaired) electrons. The van der Waals surface area contributed by atoms with E-state index in [9.17, 15) is 13.6 Å². The van der Waals surface area contributed by atoms with Crippen molar-refractivity contribution in [2.45, 2.75) is 12.7 Å². The zero-order chi connectivity index (χ0) is 12.8. The van der Waals surface area contributed by atoms with E-state index in [4.69, 9.17) is 11.5 Å². The Kier molecular flexibility index (Phi) is 4.65. The van der Waals surface area contributed by atoms with Crippen LogP contribution in [0.3, 0.4) is 0 Å². The summed E-state index contributed by atoms with van der Waals surface area (Å²) >= 11 is 0. The average Bonchev–Trinajstić information content (AvgIpc) is 2.25. The number of para-hydroxylation sites is 1. The first-order valence-corrected chi connectivity index (χ1v) is 4.72. The van der Waals surface area contributed by atoms with Crippen LogP contribution in [-0.2, 0) is 4.74 Å². The van der Waals surface area contributed by atoms with Crippen LogP contribution >= 0.6 is 0 Å². The van der Waals surface area contributed by atoms with Crippen LogP contribution in [0.1, 0.15) is 11.6 Å². The van der Waals surface area contributed by atoms with Crippen LogP contribution in [0, 0.1) is 0 Å². The van der Waals surface area contributed by atoms with Gasteiger partial charge in [0.1, 0.15) is 12.4 Å². The Morgan fingerprint density at radius 2 is 2.00 bits per heavy atom. The molecule has 0 fully saturated rings. The molecule has 0 aliphatic heterocycles. The first kappa shape index (κ1) is 13.2.